The molecule has 0 atom stereocenters. The fraction of sp³-hybridized carbons (Fsp3) is 1.00. The van der Waals surface area contributed by atoms with Crippen LogP contribution in [0.5, 0.6) is 0 Å². The van der Waals surface area contributed by atoms with Crippen molar-refractivity contribution >= 4 is 15.9 Å². The highest BCUT2D eigenvalue weighted by atomic mass is 79.9. The lowest BCUT2D eigenvalue weighted by Gasteiger charge is -2.41. The Morgan fingerprint density at radius 1 is 1.50 bits per heavy atom. The van der Waals surface area contributed by atoms with Gasteiger partial charge in [-0.15, -0.1) is 0 Å². The molecule has 1 heteroatoms. The third-order valence-electron chi connectivity index (χ3n) is 1.90. The molecule has 0 N–H and O–H groups in total. The van der Waals surface area contributed by atoms with Gasteiger partial charge < -0.3 is 0 Å². The van der Waals surface area contributed by atoms with Crippen molar-refractivity contribution in [1.82, 2.24) is 0 Å². The van der Waals surface area contributed by atoms with E-state index < -0.39 is 0 Å². The standard InChI is InChI=1S/C7H13Br/c1-7(2)3-6(4-7)5-8/h6H,3-5H2,1-2H3. The summed E-state index contributed by atoms with van der Waals surface area (Å²) >= 11 is 3.48. The predicted molar refractivity (Wildman–Crippen MR) is 40.3 cm³/mol. The second-order valence-corrected chi connectivity index (χ2v) is 4.24. The minimum atomic E-state index is 0.665. The molecule has 0 heterocycles. The number of hydrogen-bond donors (Lipinski definition) is 0. The fourth-order valence-electron chi connectivity index (χ4n) is 1.61. The monoisotopic (exact) mass is 176 g/mol. The third kappa shape index (κ3) is 1.25. The molecule has 0 unspecified atom stereocenters. The molecule has 1 aliphatic rings. The van der Waals surface area contributed by atoms with Gasteiger partial charge in [-0.2, -0.15) is 0 Å². The van der Waals surface area contributed by atoms with E-state index in [0.29, 0.717) is 5.41 Å². The van der Waals surface area contributed by atoms with Crippen molar-refractivity contribution < 1.29 is 0 Å². The van der Waals surface area contributed by atoms with Gasteiger partial charge in [0.2, 0.25) is 0 Å². The van der Waals surface area contributed by atoms with E-state index in [-0.39, 0.29) is 0 Å². The molecule has 1 aliphatic carbocycles. The molecule has 0 aromatic carbocycles. The van der Waals surface area contributed by atoms with Crippen LogP contribution in [0.15, 0.2) is 0 Å². The minimum Gasteiger partial charge on any atom is -0.0925 e. The van der Waals surface area contributed by atoms with Crippen LogP contribution in [-0.2, 0) is 0 Å². The Morgan fingerprint density at radius 2 is 2.00 bits per heavy atom. The molecule has 0 saturated heterocycles. The third-order valence-corrected chi connectivity index (χ3v) is 2.82. The quantitative estimate of drug-likeness (QED) is 0.540. The van der Waals surface area contributed by atoms with E-state index in [1.54, 1.807) is 0 Å². The van der Waals surface area contributed by atoms with E-state index in [0.717, 1.165) is 5.92 Å². The molecule has 0 aromatic rings. The molecule has 1 saturated carbocycles. The maximum Gasteiger partial charge on any atom is 0.00600 e. The lowest BCUT2D eigenvalue weighted by molar-refractivity contribution is 0.115. The van der Waals surface area contributed by atoms with Gasteiger partial charge in [0.1, 0.15) is 0 Å². The number of alkyl halides is 1. The van der Waals surface area contributed by atoms with Crippen molar-refractivity contribution in [2.24, 2.45) is 11.3 Å². The Bertz CT molecular complexity index is 78.4. The van der Waals surface area contributed by atoms with Crippen molar-refractivity contribution in [3.05, 3.63) is 0 Å². The first-order valence-electron chi connectivity index (χ1n) is 3.20. The van der Waals surface area contributed by atoms with Crippen molar-refractivity contribution in [1.29, 1.82) is 0 Å². The molecule has 0 bridgehead atoms. The molecule has 0 radical (unpaired) electrons. The topological polar surface area (TPSA) is 0 Å². The highest BCUT2D eigenvalue weighted by Crippen LogP contribution is 2.45. The molecule has 8 heavy (non-hydrogen) atoms. The molecule has 0 aliphatic heterocycles. The zero-order chi connectivity index (χ0) is 6.20. The summed E-state index contributed by atoms with van der Waals surface area (Å²) < 4.78 is 0. The number of halogens is 1. The van der Waals surface area contributed by atoms with Crippen LogP contribution < -0.4 is 0 Å². The van der Waals surface area contributed by atoms with Gasteiger partial charge in [-0.05, 0) is 24.2 Å². The summed E-state index contributed by atoms with van der Waals surface area (Å²) in [6, 6.07) is 0. The molecule has 0 spiro atoms. The Hall–Kier alpha value is 0.480. The van der Waals surface area contributed by atoms with E-state index in [2.05, 4.69) is 29.8 Å². The Morgan fingerprint density at radius 3 is 2.12 bits per heavy atom. The van der Waals surface area contributed by atoms with Crippen molar-refractivity contribution in [3.63, 3.8) is 0 Å². The van der Waals surface area contributed by atoms with Crippen LogP contribution in [0.4, 0.5) is 0 Å². The summed E-state index contributed by atoms with van der Waals surface area (Å²) in [4.78, 5) is 0. The van der Waals surface area contributed by atoms with E-state index in [9.17, 15) is 0 Å². The molecule has 0 aromatic heterocycles. The molecule has 0 amide bonds. The largest absolute Gasteiger partial charge is 0.0925 e. The molecular weight excluding hydrogens is 164 g/mol. The van der Waals surface area contributed by atoms with E-state index in [1.807, 2.05) is 0 Å². The normalized spacial score (nSPS) is 27.4. The van der Waals surface area contributed by atoms with Crippen LogP contribution in [0.1, 0.15) is 26.7 Å². The van der Waals surface area contributed by atoms with Crippen LogP contribution in [-0.4, -0.2) is 5.33 Å². The molecule has 1 fully saturated rings. The second-order valence-electron chi connectivity index (χ2n) is 3.59. The summed E-state index contributed by atoms with van der Waals surface area (Å²) in [5.74, 6) is 0.977. The lowest BCUT2D eigenvalue weighted by Crippen LogP contribution is -2.32. The van der Waals surface area contributed by atoms with Crippen LogP contribution in [0, 0.1) is 11.3 Å². The Labute approximate surface area is 59.8 Å². The number of hydrogen-bond acceptors (Lipinski definition) is 0. The van der Waals surface area contributed by atoms with Crippen LogP contribution in [0.3, 0.4) is 0 Å². The van der Waals surface area contributed by atoms with Gasteiger partial charge in [0.05, 0.1) is 0 Å². The Balaban J connectivity index is 2.21. The zero-order valence-electron chi connectivity index (χ0n) is 5.58. The van der Waals surface area contributed by atoms with Gasteiger partial charge >= 0.3 is 0 Å². The summed E-state index contributed by atoms with van der Waals surface area (Å²) in [5.41, 5.74) is 0.665. The summed E-state index contributed by atoms with van der Waals surface area (Å²) in [7, 11) is 0. The first kappa shape index (κ1) is 6.60. The van der Waals surface area contributed by atoms with Crippen LogP contribution in [0.25, 0.3) is 0 Å². The van der Waals surface area contributed by atoms with Gasteiger partial charge in [0, 0.05) is 5.33 Å². The fourth-order valence-corrected chi connectivity index (χ4v) is 2.07. The maximum absolute atomic E-state index is 3.48. The van der Waals surface area contributed by atoms with E-state index >= 15 is 0 Å². The SMILES string of the molecule is CC1(C)CC(CBr)C1. The highest BCUT2D eigenvalue weighted by Gasteiger charge is 2.34. The van der Waals surface area contributed by atoms with Gasteiger partial charge in [-0.3, -0.25) is 0 Å². The van der Waals surface area contributed by atoms with Crippen molar-refractivity contribution in [3.8, 4) is 0 Å². The van der Waals surface area contributed by atoms with Gasteiger partial charge in [-0.25, -0.2) is 0 Å². The molecular formula is C7H13Br. The number of rotatable bonds is 1. The average Bonchev–Trinajstić information content (AvgIpc) is 1.60. The summed E-state index contributed by atoms with van der Waals surface area (Å²) in [5, 5.41) is 1.20. The van der Waals surface area contributed by atoms with Crippen molar-refractivity contribution in [2.45, 2.75) is 26.7 Å². The molecule has 48 valence electrons. The predicted octanol–water partition coefficient (Wildman–Crippen LogP) is 2.82. The molecule has 1 rings (SSSR count). The first-order valence-corrected chi connectivity index (χ1v) is 4.32. The second kappa shape index (κ2) is 2.02. The maximum atomic E-state index is 3.48. The summed E-state index contributed by atoms with van der Waals surface area (Å²) in [6.45, 7) is 4.68. The van der Waals surface area contributed by atoms with Gasteiger partial charge in [0.15, 0.2) is 0 Å². The van der Waals surface area contributed by atoms with E-state index in [1.165, 1.54) is 18.2 Å². The molecule has 0 nitrogen and oxygen atoms in total. The van der Waals surface area contributed by atoms with Gasteiger partial charge in [0.25, 0.3) is 0 Å². The van der Waals surface area contributed by atoms with Crippen LogP contribution >= 0.6 is 15.9 Å². The van der Waals surface area contributed by atoms with Gasteiger partial charge in [-0.1, -0.05) is 29.8 Å². The lowest BCUT2D eigenvalue weighted by atomic mass is 9.65. The van der Waals surface area contributed by atoms with E-state index in [4.69, 9.17) is 0 Å². The average molecular weight is 177 g/mol. The van der Waals surface area contributed by atoms with Crippen molar-refractivity contribution in [2.75, 3.05) is 5.33 Å². The first-order chi connectivity index (χ1) is 3.64. The highest BCUT2D eigenvalue weighted by molar-refractivity contribution is 9.09. The zero-order valence-corrected chi connectivity index (χ0v) is 7.16. The van der Waals surface area contributed by atoms with Crippen LogP contribution in [0.2, 0.25) is 0 Å². The Kier molecular flexibility index (Phi) is 1.66. The summed E-state index contributed by atoms with van der Waals surface area (Å²) in [6.07, 6.45) is 2.83. The minimum absolute atomic E-state index is 0.665. The smallest absolute Gasteiger partial charge is 0.00600 e.